The molecule has 0 bridgehead atoms. The van der Waals surface area contributed by atoms with E-state index < -0.39 is 0 Å². The molecule has 0 aromatic carbocycles. The van der Waals surface area contributed by atoms with Gasteiger partial charge in [-0.2, -0.15) is 0 Å². The van der Waals surface area contributed by atoms with Crippen molar-refractivity contribution in [1.82, 2.24) is 4.98 Å². The first-order valence-electron chi connectivity index (χ1n) is 3.42. The maximum atomic E-state index is 5.80. The number of rotatable bonds is 3. The van der Waals surface area contributed by atoms with Crippen LogP contribution in [-0.4, -0.2) is 4.98 Å². The summed E-state index contributed by atoms with van der Waals surface area (Å²) < 4.78 is 0. The quantitative estimate of drug-likeness (QED) is 0.692. The van der Waals surface area contributed by atoms with Crippen LogP contribution < -0.4 is 5.73 Å². The van der Waals surface area contributed by atoms with Gasteiger partial charge in [-0.15, -0.1) is 23.7 Å². The molecule has 0 amide bonds. The lowest BCUT2D eigenvalue weighted by Gasteiger charge is -2.04. The highest BCUT2D eigenvalue weighted by molar-refractivity contribution is 7.09. The van der Waals surface area contributed by atoms with Crippen LogP contribution in [-0.2, 0) is 0 Å². The average molecular weight is 166 g/mol. The Morgan fingerprint density at radius 2 is 2.64 bits per heavy atom. The smallest absolute Gasteiger partial charge is 0.0794 e. The number of nitrogens with two attached hydrogens (primary N) is 1. The third-order valence-corrected chi connectivity index (χ3v) is 2.32. The van der Waals surface area contributed by atoms with E-state index in [-0.39, 0.29) is 6.04 Å². The summed E-state index contributed by atoms with van der Waals surface area (Å²) in [6.45, 7) is 0. The number of hydrogen-bond acceptors (Lipinski definition) is 3. The number of hydrogen-bond donors (Lipinski definition) is 1. The van der Waals surface area contributed by atoms with Crippen LogP contribution in [0.1, 0.15) is 23.8 Å². The Balaban J connectivity index is 2.44. The Kier molecular flexibility index (Phi) is 3.09. The molecule has 2 N–H and O–H groups in total. The lowest BCUT2D eigenvalue weighted by atomic mass is 10.1. The van der Waals surface area contributed by atoms with Gasteiger partial charge in [0.05, 0.1) is 5.51 Å². The third-order valence-electron chi connectivity index (χ3n) is 1.42. The van der Waals surface area contributed by atoms with Crippen LogP contribution in [0.4, 0.5) is 0 Å². The maximum absolute atomic E-state index is 5.80. The Bertz CT molecular complexity index is 235. The monoisotopic (exact) mass is 166 g/mol. The van der Waals surface area contributed by atoms with E-state index in [4.69, 9.17) is 12.2 Å². The van der Waals surface area contributed by atoms with Gasteiger partial charge in [-0.3, -0.25) is 4.98 Å². The van der Waals surface area contributed by atoms with Gasteiger partial charge in [-0.05, 0) is 6.42 Å². The molecule has 58 valence electrons. The molecule has 0 fully saturated rings. The van der Waals surface area contributed by atoms with Crippen molar-refractivity contribution in [3.8, 4) is 12.3 Å². The van der Waals surface area contributed by atoms with Crippen LogP contribution in [0.3, 0.4) is 0 Å². The molecule has 0 saturated heterocycles. The van der Waals surface area contributed by atoms with E-state index >= 15 is 0 Å². The minimum absolute atomic E-state index is 0.0681. The Morgan fingerprint density at radius 3 is 3.18 bits per heavy atom. The predicted molar refractivity (Wildman–Crippen MR) is 47.1 cm³/mol. The van der Waals surface area contributed by atoms with Crippen molar-refractivity contribution in [2.75, 3.05) is 0 Å². The second-order valence-electron chi connectivity index (χ2n) is 2.25. The minimum Gasteiger partial charge on any atom is -0.323 e. The molecule has 0 aliphatic rings. The van der Waals surface area contributed by atoms with E-state index in [9.17, 15) is 0 Å². The molecular formula is C8H10N2S. The van der Waals surface area contributed by atoms with Crippen LogP contribution in [0.2, 0.25) is 0 Å². The average Bonchev–Trinajstić information content (AvgIpc) is 2.52. The zero-order chi connectivity index (χ0) is 8.10. The number of aromatic nitrogens is 1. The highest BCUT2D eigenvalue weighted by Gasteiger charge is 2.05. The van der Waals surface area contributed by atoms with E-state index in [0.29, 0.717) is 0 Å². The lowest BCUT2D eigenvalue weighted by Crippen LogP contribution is -2.07. The van der Waals surface area contributed by atoms with Gasteiger partial charge in [0.1, 0.15) is 0 Å². The fourth-order valence-electron chi connectivity index (χ4n) is 0.790. The molecule has 1 unspecified atom stereocenters. The summed E-state index contributed by atoms with van der Waals surface area (Å²) in [4.78, 5) is 5.05. The molecule has 1 aromatic rings. The molecular weight excluding hydrogens is 156 g/mol. The van der Waals surface area contributed by atoms with Crippen molar-refractivity contribution < 1.29 is 0 Å². The lowest BCUT2D eigenvalue weighted by molar-refractivity contribution is 0.678. The molecule has 0 saturated carbocycles. The van der Waals surface area contributed by atoms with Gasteiger partial charge in [-0.1, -0.05) is 0 Å². The fraction of sp³-hybridized carbons (Fsp3) is 0.375. The number of terminal acetylenes is 1. The molecule has 1 atom stereocenters. The van der Waals surface area contributed by atoms with Gasteiger partial charge >= 0.3 is 0 Å². The highest BCUT2D eigenvalue weighted by Crippen LogP contribution is 2.18. The Morgan fingerprint density at radius 1 is 1.82 bits per heavy atom. The second kappa shape index (κ2) is 4.12. The van der Waals surface area contributed by atoms with Gasteiger partial charge in [0.25, 0.3) is 0 Å². The van der Waals surface area contributed by atoms with Crippen molar-refractivity contribution in [2.24, 2.45) is 5.73 Å². The van der Waals surface area contributed by atoms with Gasteiger partial charge in [0.15, 0.2) is 0 Å². The van der Waals surface area contributed by atoms with Crippen molar-refractivity contribution in [3.05, 3.63) is 16.6 Å². The molecule has 0 radical (unpaired) electrons. The SMILES string of the molecule is C#CCCC(N)c1cncs1. The molecule has 1 heterocycles. The first-order valence-corrected chi connectivity index (χ1v) is 4.30. The van der Waals surface area contributed by atoms with Gasteiger partial charge in [0, 0.05) is 23.5 Å². The van der Waals surface area contributed by atoms with E-state index in [0.717, 1.165) is 17.7 Å². The Labute approximate surface area is 70.5 Å². The first kappa shape index (κ1) is 8.25. The summed E-state index contributed by atoms with van der Waals surface area (Å²) in [5, 5.41) is 0. The van der Waals surface area contributed by atoms with E-state index in [2.05, 4.69) is 10.9 Å². The van der Waals surface area contributed by atoms with Crippen LogP contribution in [0.25, 0.3) is 0 Å². The topological polar surface area (TPSA) is 38.9 Å². The summed E-state index contributed by atoms with van der Waals surface area (Å²) in [7, 11) is 0. The minimum atomic E-state index is 0.0681. The van der Waals surface area contributed by atoms with Crippen LogP contribution in [0.5, 0.6) is 0 Å². The second-order valence-corrected chi connectivity index (χ2v) is 3.17. The molecule has 1 aromatic heterocycles. The molecule has 3 heteroatoms. The normalized spacial score (nSPS) is 12.4. The predicted octanol–water partition coefficient (Wildman–Crippen LogP) is 1.56. The van der Waals surface area contributed by atoms with E-state index in [1.807, 2.05) is 0 Å². The first-order chi connectivity index (χ1) is 5.34. The summed E-state index contributed by atoms with van der Waals surface area (Å²) >= 11 is 1.58. The molecule has 0 aliphatic carbocycles. The van der Waals surface area contributed by atoms with Gasteiger partial charge in [-0.25, -0.2) is 0 Å². The fourth-order valence-corrected chi connectivity index (χ4v) is 1.45. The van der Waals surface area contributed by atoms with Gasteiger partial charge < -0.3 is 5.73 Å². The van der Waals surface area contributed by atoms with Crippen molar-refractivity contribution >= 4 is 11.3 Å². The van der Waals surface area contributed by atoms with Gasteiger partial charge in [0.2, 0.25) is 0 Å². The van der Waals surface area contributed by atoms with Crippen LogP contribution in [0.15, 0.2) is 11.7 Å². The van der Waals surface area contributed by atoms with Crippen molar-refractivity contribution in [1.29, 1.82) is 0 Å². The standard InChI is InChI=1S/C8H10N2S/c1-2-3-4-7(9)8-5-10-6-11-8/h1,5-7H,3-4,9H2. The zero-order valence-electron chi connectivity index (χ0n) is 6.16. The summed E-state index contributed by atoms with van der Waals surface area (Å²) in [6, 6.07) is 0.0681. The molecule has 2 nitrogen and oxygen atoms in total. The Hall–Kier alpha value is -0.850. The molecule has 0 spiro atoms. The largest absolute Gasteiger partial charge is 0.323 e. The van der Waals surface area contributed by atoms with Crippen LogP contribution in [0, 0.1) is 12.3 Å². The number of thiazole rings is 1. The number of nitrogens with zero attached hydrogens (tertiary/aromatic N) is 1. The zero-order valence-corrected chi connectivity index (χ0v) is 6.97. The van der Waals surface area contributed by atoms with Crippen molar-refractivity contribution in [2.45, 2.75) is 18.9 Å². The third kappa shape index (κ3) is 2.34. The van der Waals surface area contributed by atoms with E-state index in [1.54, 1.807) is 23.0 Å². The summed E-state index contributed by atoms with van der Waals surface area (Å²) in [5.41, 5.74) is 7.58. The molecule has 1 rings (SSSR count). The van der Waals surface area contributed by atoms with Crippen LogP contribution >= 0.6 is 11.3 Å². The molecule has 0 aliphatic heterocycles. The summed E-state index contributed by atoms with van der Waals surface area (Å²) in [5.74, 6) is 2.56. The summed E-state index contributed by atoms with van der Waals surface area (Å²) in [6.07, 6.45) is 8.49. The maximum Gasteiger partial charge on any atom is 0.0794 e. The van der Waals surface area contributed by atoms with E-state index in [1.165, 1.54) is 0 Å². The van der Waals surface area contributed by atoms with Crippen molar-refractivity contribution in [3.63, 3.8) is 0 Å². The highest BCUT2D eigenvalue weighted by atomic mass is 32.1. The molecule has 11 heavy (non-hydrogen) atoms.